The molecule has 0 bridgehead atoms. The van der Waals surface area contributed by atoms with Gasteiger partial charge in [-0.05, 0) is 36.6 Å². The molecule has 1 aromatic carbocycles. The van der Waals surface area contributed by atoms with Crippen LogP contribution in [0.4, 0.5) is 0 Å². The molecule has 0 N–H and O–H groups in total. The molecule has 0 radical (unpaired) electrons. The Kier molecular flexibility index (Phi) is 3.72. The van der Waals surface area contributed by atoms with Crippen molar-refractivity contribution in [3.05, 3.63) is 65.2 Å². The number of carbonyl (C=O) groups excluding carboxylic acids is 1. The Hall–Kier alpha value is -2.18. The van der Waals surface area contributed by atoms with Crippen LogP contribution in [-0.2, 0) is 10.0 Å². The zero-order valence-corrected chi connectivity index (χ0v) is 13.4. The first kappa shape index (κ1) is 14.7. The van der Waals surface area contributed by atoms with Crippen molar-refractivity contribution in [2.75, 3.05) is 0 Å². The molecule has 4 nitrogen and oxygen atoms in total. The smallest absolute Gasteiger partial charge is 0.268 e. The highest BCUT2D eigenvalue weighted by Crippen LogP contribution is 2.29. The van der Waals surface area contributed by atoms with E-state index in [1.165, 1.54) is 21.5 Å². The average Bonchev–Trinajstić information content (AvgIpc) is 3.16. The molecule has 3 rings (SSSR count). The van der Waals surface area contributed by atoms with Crippen LogP contribution in [-0.4, -0.2) is 18.7 Å². The summed E-state index contributed by atoms with van der Waals surface area (Å²) in [5.41, 5.74) is 1.82. The number of carbonyl (C=O) groups is 1. The van der Waals surface area contributed by atoms with Crippen molar-refractivity contribution in [2.45, 2.75) is 11.8 Å². The van der Waals surface area contributed by atoms with Gasteiger partial charge in [-0.3, -0.25) is 4.79 Å². The quantitative estimate of drug-likeness (QED) is 0.687. The Labute approximate surface area is 132 Å². The molecule has 0 saturated heterocycles. The van der Waals surface area contributed by atoms with E-state index in [0.29, 0.717) is 17.5 Å². The largest absolute Gasteiger partial charge is 0.298 e. The van der Waals surface area contributed by atoms with Crippen molar-refractivity contribution in [2.24, 2.45) is 0 Å². The van der Waals surface area contributed by atoms with E-state index in [1.54, 1.807) is 30.3 Å². The average molecular weight is 331 g/mol. The minimum absolute atomic E-state index is 0.198. The maximum atomic E-state index is 12.8. The lowest BCUT2D eigenvalue weighted by Gasteiger charge is -2.09. The molecule has 0 saturated carbocycles. The summed E-state index contributed by atoms with van der Waals surface area (Å²) in [6.07, 6.45) is 2.01. The van der Waals surface area contributed by atoms with Gasteiger partial charge in [0.2, 0.25) is 0 Å². The molecule has 0 aliphatic rings. The predicted octanol–water partition coefficient (Wildman–Crippen LogP) is 3.57. The highest BCUT2D eigenvalue weighted by Gasteiger charge is 2.22. The number of aldehydes is 1. The van der Waals surface area contributed by atoms with Crippen LogP contribution in [0.1, 0.15) is 15.9 Å². The first-order valence-electron chi connectivity index (χ1n) is 6.56. The van der Waals surface area contributed by atoms with Crippen LogP contribution < -0.4 is 0 Å². The van der Waals surface area contributed by atoms with Crippen LogP contribution in [0.2, 0.25) is 0 Å². The van der Waals surface area contributed by atoms with E-state index in [4.69, 9.17) is 0 Å². The lowest BCUT2D eigenvalue weighted by atomic mass is 10.2. The number of aryl methyl sites for hydroxylation is 1. The Morgan fingerprint density at radius 1 is 1.14 bits per heavy atom. The zero-order valence-electron chi connectivity index (χ0n) is 11.8. The lowest BCUT2D eigenvalue weighted by molar-refractivity contribution is 0.112. The topological polar surface area (TPSA) is 56.1 Å². The van der Waals surface area contributed by atoms with Gasteiger partial charge in [-0.25, -0.2) is 12.4 Å². The Balaban J connectivity index is 2.20. The number of hydrogen-bond acceptors (Lipinski definition) is 4. The lowest BCUT2D eigenvalue weighted by Crippen LogP contribution is -2.13. The first-order chi connectivity index (χ1) is 10.5. The van der Waals surface area contributed by atoms with Crippen molar-refractivity contribution in [1.82, 2.24) is 3.97 Å². The minimum atomic E-state index is -3.74. The standard InChI is InChI=1S/C16H13NO3S2/c1-12-4-6-14(7-5-12)22(19,20)17-10-13(11-18)9-15(17)16-3-2-8-21-16/h2-11H,1H3. The van der Waals surface area contributed by atoms with Crippen LogP contribution in [0.3, 0.4) is 0 Å². The number of benzene rings is 1. The molecule has 6 heteroatoms. The third-order valence-electron chi connectivity index (χ3n) is 3.29. The van der Waals surface area contributed by atoms with E-state index in [-0.39, 0.29) is 4.90 Å². The van der Waals surface area contributed by atoms with Gasteiger partial charge >= 0.3 is 0 Å². The van der Waals surface area contributed by atoms with Gasteiger partial charge in [0.05, 0.1) is 15.5 Å². The number of rotatable bonds is 4. The molecule has 0 atom stereocenters. The van der Waals surface area contributed by atoms with Crippen molar-refractivity contribution in [3.63, 3.8) is 0 Å². The van der Waals surface area contributed by atoms with E-state index in [2.05, 4.69) is 0 Å². The van der Waals surface area contributed by atoms with Crippen molar-refractivity contribution in [1.29, 1.82) is 0 Å². The highest BCUT2D eigenvalue weighted by molar-refractivity contribution is 7.90. The molecular weight excluding hydrogens is 318 g/mol. The minimum Gasteiger partial charge on any atom is -0.298 e. The second-order valence-electron chi connectivity index (χ2n) is 4.87. The van der Waals surface area contributed by atoms with Crippen LogP contribution in [0.25, 0.3) is 10.6 Å². The maximum Gasteiger partial charge on any atom is 0.268 e. The van der Waals surface area contributed by atoms with Gasteiger partial charge < -0.3 is 0 Å². The van der Waals surface area contributed by atoms with E-state index in [0.717, 1.165) is 10.4 Å². The summed E-state index contributed by atoms with van der Waals surface area (Å²) in [7, 11) is -3.74. The van der Waals surface area contributed by atoms with Crippen molar-refractivity contribution >= 4 is 27.6 Å². The van der Waals surface area contributed by atoms with Crippen LogP contribution in [0.15, 0.2) is 58.9 Å². The molecule has 0 amide bonds. The molecule has 3 aromatic rings. The number of aromatic nitrogens is 1. The molecule has 0 unspecified atom stereocenters. The SMILES string of the molecule is Cc1ccc(S(=O)(=O)n2cc(C=O)cc2-c2cccs2)cc1. The predicted molar refractivity (Wildman–Crippen MR) is 86.9 cm³/mol. The number of hydrogen-bond donors (Lipinski definition) is 0. The summed E-state index contributed by atoms with van der Waals surface area (Å²) >= 11 is 1.43. The summed E-state index contributed by atoms with van der Waals surface area (Å²) in [4.78, 5) is 12.0. The van der Waals surface area contributed by atoms with Gasteiger partial charge in [0, 0.05) is 11.8 Å². The van der Waals surface area contributed by atoms with Gasteiger partial charge in [0.1, 0.15) is 0 Å². The summed E-state index contributed by atoms with van der Waals surface area (Å²) in [6.45, 7) is 1.90. The molecule has 0 aliphatic carbocycles. The zero-order chi connectivity index (χ0) is 15.7. The number of thiophene rings is 1. The van der Waals surface area contributed by atoms with Gasteiger partial charge in [0.25, 0.3) is 10.0 Å². The van der Waals surface area contributed by atoms with Gasteiger partial charge in [-0.15, -0.1) is 11.3 Å². The van der Waals surface area contributed by atoms with E-state index in [1.807, 2.05) is 24.4 Å². The summed E-state index contributed by atoms with van der Waals surface area (Å²) in [5.74, 6) is 0. The van der Waals surface area contributed by atoms with Gasteiger partial charge in [-0.1, -0.05) is 23.8 Å². The summed E-state index contributed by atoms with van der Waals surface area (Å²) in [6, 6.07) is 11.9. The number of nitrogens with zero attached hydrogens (tertiary/aromatic N) is 1. The molecule has 0 aliphatic heterocycles. The molecular formula is C16H13NO3S2. The summed E-state index contributed by atoms with van der Waals surface area (Å²) < 4.78 is 26.9. The molecule has 112 valence electrons. The second kappa shape index (κ2) is 5.55. The van der Waals surface area contributed by atoms with E-state index >= 15 is 0 Å². The molecule has 2 aromatic heterocycles. The normalized spacial score (nSPS) is 11.5. The maximum absolute atomic E-state index is 12.8. The van der Waals surface area contributed by atoms with E-state index in [9.17, 15) is 13.2 Å². The highest BCUT2D eigenvalue weighted by atomic mass is 32.2. The molecule has 2 heterocycles. The fourth-order valence-electron chi connectivity index (χ4n) is 2.15. The monoisotopic (exact) mass is 331 g/mol. The van der Waals surface area contributed by atoms with Crippen LogP contribution >= 0.6 is 11.3 Å². The van der Waals surface area contributed by atoms with Gasteiger partial charge in [-0.2, -0.15) is 0 Å². The Morgan fingerprint density at radius 3 is 2.45 bits per heavy atom. The fraction of sp³-hybridized carbons (Fsp3) is 0.0625. The van der Waals surface area contributed by atoms with E-state index < -0.39 is 10.0 Å². The fourth-order valence-corrected chi connectivity index (χ4v) is 4.33. The third-order valence-corrected chi connectivity index (χ3v) is 5.87. The molecule has 0 fully saturated rings. The van der Waals surface area contributed by atoms with Crippen LogP contribution in [0.5, 0.6) is 0 Å². The van der Waals surface area contributed by atoms with Crippen LogP contribution in [0, 0.1) is 6.92 Å². The summed E-state index contributed by atoms with van der Waals surface area (Å²) in [5, 5.41) is 1.87. The van der Waals surface area contributed by atoms with Gasteiger partial charge in [0.15, 0.2) is 6.29 Å². The molecule has 0 spiro atoms. The van der Waals surface area contributed by atoms with Crippen molar-refractivity contribution < 1.29 is 13.2 Å². The Morgan fingerprint density at radius 2 is 1.86 bits per heavy atom. The Bertz CT molecular complexity index is 905. The third kappa shape index (κ3) is 2.51. The molecule has 22 heavy (non-hydrogen) atoms. The second-order valence-corrected chi connectivity index (χ2v) is 7.63. The first-order valence-corrected chi connectivity index (χ1v) is 8.88. The van der Waals surface area contributed by atoms with Crippen molar-refractivity contribution in [3.8, 4) is 10.6 Å².